The van der Waals surface area contributed by atoms with E-state index in [2.05, 4.69) is 10.3 Å². The number of pyridine rings is 1. The van der Waals surface area contributed by atoms with Gasteiger partial charge in [-0.3, -0.25) is 4.79 Å². The maximum Gasteiger partial charge on any atom is 0.352 e. The molecule has 7 nitrogen and oxygen atoms in total. The van der Waals surface area contributed by atoms with Crippen LogP contribution in [0.1, 0.15) is 32.0 Å². The summed E-state index contributed by atoms with van der Waals surface area (Å²) in [5.41, 5.74) is 4.13. The summed E-state index contributed by atoms with van der Waals surface area (Å²) in [5, 5.41) is 12.9. The number of carboxylic acids is 1. The molecule has 0 spiro atoms. The van der Waals surface area contributed by atoms with E-state index in [1.807, 2.05) is 26.0 Å². The van der Waals surface area contributed by atoms with Crippen molar-refractivity contribution in [1.29, 1.82) is 0 Å². The summed E-state index contributed by atoms with van der Waals surface area (Å²) in [6.45, 7) is 3.89. The number of nitrogens with one attached hydrogen (secondary N) is 1. The number of anilines is 1. The second-order valence-electron chi connectivity index (χ2n) is 7.37. The minimum Gasteiger partial charge on any atom is -0.477 e. The van der Waals surface area contributed by atoms with Crippen LogP contribution < -0.4 is 10.1 Å². The molecule has 1 amide bonds. The SMILES string of the molecule is Cc1ccc(C(=O)Nc2ccc(Oc3ccc4cc(C(=O)O)n(C)c4c3)nc2)c(C)c1. The van der Waals surface area contributed by atoms with Gasteiger partial charge in [0.25, 0.3) is 5.91 Å². The van der Waals surface area contributed by atoms with Crippen molar-refractivity contribution in [1.82, 2.24) is 9.55 Å². The van der Waals surface area contributed by atoms with Gasteiger partial charge in [-0.25, -0.2) is 9.78 Å². The highest BCUT2D eigenvalue weighted by molar-refractivity contribution is 6.05. The average Bonchev–Trinajstić information content (AvgIpc) is 3.06. The zero-order chi connectivity index (χ0) is 22.1. The first-order valence-corrected chi connectivity index (χ1v) is 9.67. The minimum atomic E-state index is -0.985. The Morgan fingerprint density at radius 2 is 1.84 bits per heavy atom. The highest BCUT2D eigenvalue weighted by Gasteiger charge is 2.13. The fourth-order valence-electron chi connectivity index (χ4n) is 3.48. The zero-order valence-electron chi connectivity index (χ0n) is 17.3. The Morgan fingerprint density at radius 1 is 1.03 bits per heavy atom. The fourth-order valence-corrected chi connectivity index (χ4v) is 3.48. The van der Waals surface area contributed by atoms with Crippen LogP contribution in [-0.2, 0) is 7.05 Å². The Labute approximate surface area is 178 Å². The first-order valence-electron chi connectivity index (χ1n) is 9.67. The lowest BCUT2D eigenvalue weighted by atomic mass is 10.1. The molecular weight excluding hydrogens is 394 g/mol. The molecule has 0 radical (unpaired) electrons. The largest absolute Gasteiger partial charge is 0.477 e. The normalized spacial score (nSPS) is 10.8. The van der Waals surface area contributed by atoms with Crippen LogP contribution in [-0.4, -0.2) is 26.5 Å². The highest BCUT2D eigenvalue weighted by Crippen LogP contribution is 2.27. The van der Waals surface area contributed by atoms with Gasteiger partial charge >= 0.3 is 5.97 Å². The number of nitrogens with zero attached hydrogens (tertiary/aromatic N) is 2. The number of hydrogen-bond acceptors (Lipinski definition) is 4. The van der Waals surface area contributed by atoms with E-state index in [1.165, 1.54) is 6.20 Å². The summed E-state index contributed by atoms with van der Waals surface area (Å²) >= 11 is 0. The van der Waals surface area contributed by atoms with Crippen molar-refractivity contribution in [2.24, 2.45) is 7.05 Å². The zero-order valence-corrected chi connectivity index (χ0v) is 17.3. The lowest BCUT2D eigenvalue weighted by Crippen LogP contribution is -2.13. The monoisotopic (exact) mass is 415 g/mol. The Morgan fingerprint density at radius 3 is 2.52 bits per heavy atom. The van der Waals surface area contributed by atoms with Crippen LogP contribution in [0.25, 0.3) is 10.9 Å². The van der Waals surface area contributed by atoms with Crippen molar-refractivity contribution in [2.45, 2.75) is 13.8 Å². The fraction of sp³-hybridized carbons (Fsp3) is 0.125. The van der Waals surface area contributed by atoms with Crippen LogP contribution in [0.2, 0.25) is 0 Å². The highest BCUT2D eigenvalue weighted by atomic mass is 16.5. The van der Waals surface area contributed by atoms with E-state index in [9.17, 15) is 14.7 Å². The smallest absolute Gasteiger partial charge is 0.352 e. The summed E-state index contributed by atoms with van der Waals surface area (Å²) in [5.74, 6) is -0.292. The molecule has 0 aliphatic rings. The van der Waals surface area contributed by atoms with Crippen molar-refractivity contribution in [3.8, 4) is 11.6 Å². The van der Waals surface area contributed by atoms with E-state index >= 15 is 0 Å². The number of benzene rings is 2. The van der Waals surface area contributed by atoms with Gasteiger partial charge in [0, 0.05) is 30.1 Å². The molecule has 31 heavy (non-hydrogen) atoms. The number of carbonyl (C=O) groups excluding carboxylic acids is 1. The van der Waals surface area contributed by atoms with Crippen molar-refractivity contribution < 1.29 is 19.4 Å². The van der Waals surface area contributed by atoms with Crippen molar-refractivity contribution in [3.63, 3.8) is 0 Å². The number of carbonyl (C=O) groups is 2. The van der Waals surface area contributed by atoms with Gasteiger partial charge in [0.15, 0.2) is 0 Å². The molecule has 0 aliphatic carbocycles. The van der Waals surface area contributed by atoms with Gasteiger partial charge in [0.1, 0.15) is 11.4 Å². The maximum absolute atomic E-state index is 12.5. The standard InChI is InChI=1S/C24H21N3O4/c1-14-4-8-19(15(2)10-14)23(28)26-17-6-9-22(25-13-17)31-18-7-5-16-11-21(24(29)30)27(3)20(16)12-18/h4-13H,1-3H3,(H,26,28)(H,29,30). The first-order chi connectivity index (χ1) is 14.8. The molecule has 4 rings (SSSR count). The predicted octanol–water partition coefficient (Wildman–Crippen LogP) is 4.93. The maximum atomic E-state index is 12.5. The van der Waals surface area contributed by atoms with Crippen LogP contribution in [0.4, 0.5) is 5.69 Å². The van der Waals surface area contributed by atoms with Gasteiger partial charge < -0.3 is 19.7 Å². The van der Waals surface area contributed by atoms with E-state index in [-0.39, 0.29) is 11.6 Å². The number of rotatable bonds is 5. The molecule has 2 N–H and O–H groups in total. The number of aromatic carboxylic acids is 1. The summed E-state index contributed by atoms with van der Waals surface area (Å²) in [4.78, 5) is 28.1. The van der Waals surface area contributed by atoms with Gasteiger partial charge in [0.2, 0.25) is 5.88 Å². The third kappa shape index (κ3) is 4.11. The lowest BCUT2D eigenvalue weighted by Gasteiger charge is -2.09. The summed E-state index contributed by atoms with van der Waals surface area (Å²) in [6, 6.07) is 16.0. The van der Waals surface area contributed by atoms with Gasteiger partial charge in [-0.15, -0.1) is 0 Å². The molecule has 0 saturated heterocycles. The second kappa shape index (κ2) is 7.95. The Kier molecular flexibility index (Phi) is 5.17. The minimum absolute atomic E-state index is 0.198. The van der Waals surface area contributed by atoms with Crippen molar-refractivity contribution >= 4 is 28.5 Å². The molecule has 0 aliphatic heterocycles. The van der Waals surface area contributed by atoms with E-state index < -0.39 is 5.97 Å². The Hall–Kier alpha value is -4.13. The molecule has 0 atom stereocenters. The molecule has 0 unspecified atom stereocenters. The van der Waals surface area contributed by atoms with Gasteiger partial charge in [-0.05, 0) is 49.7 Å². The molecule has 0 bridgehead atoms. The van der Waals surface area contributed by atoms with Crippen LogP contribution in [0.3, 0.4) is 0 Å². The second-order valence-corrected chi connectivity index (χ2v) is 7.37. The number of amides is 1. The van der Waals surface area contributed by atoms with E-state index in [0.717, 1.165) is 22.0 Å². The van der Waals surface area contributed by atoms with Crippen LogP contribution in [0.5, 0.6) is 11.6 Å². The third-order valence-electron chi connectivity index (χ3n) is 5.08. The van der Waals surface area contributed by atoms with Crippen LogP contribution in [0.15, 0.2) is 60.8 Å². The van der Waals surface area contributed by atoms with Gasteiger partial charge in [0.05, 0.1) is 17.4 Å². The first kappa shape index (κ1) is 20.2. The molecule has 2 heterocycles. The Bertz CT molecular complexity index is 1310. The Balaban J connectivity index is 1.49. The molecule has 2 aromatic carbocycles. The van der Waals surface area contributed by atoms with Crippen LogP contribution >= 0.6 is 0 Å². The number of hydrogen-bond donors (Lipinski definition) is 2. The molecule has 156 valence electrons. The quantitative estimate of drug-likeness (QED) is 0.482. The number of aryl methyl sites for hydroxylation is 3. The lowest BCUT2D eigenvalue weighted by molar-refractivity contribution is 0.0687. The number of carboxylic acid groups (broad SMARTS) is 1. The molecule has 2 aromatic heterocycles. The van der Waals surface area contributed by atoms with E-state index in [1.54, 1.807) is 54.1 Å². The topological polar surface area (TPSA) is 93.5 Å². The van der Waals surface area contributed by atoms with E-state index in [4.69, 9.17) is 4.74 Å². The summed E-state index contributed by atoms with van der Waals surface area (Å²) in [7, 11) is 1.70. The van der Waals surface area contributed by atoms with Gasteiger partial charge in [-0.1, -0.05) is 17.7 Å². The number of fused-ring (bicyclic) bond motifs is 1. The molecular formula is C24H21N3O4. The third-order valence-corrected chi connectivity index (χ3v) is 5.08. The van der Waals surface area contributed by atoms with Crippen LogP contribution in [0, 0.1) is 13.8 Å². The molecule has 7 heteroatoms. The predicted molar refractivity (Wildman–Crippen MR) is 118 cm³/mol. The molecule has 0 saturated carbocycles. The summed E-state index contributed by atoms with van der Waals surface area (Å²) < 4.78 is 7.40. The summed E-state index contributed by atoms with van der Waals surface area (Å²) in [6.07, 6.45) is 1.53. The van der Waals surface area contributed by atoms with E-state index in [0.29, 0.717) is 22.9 Å². The van der Waals surface area contributed by atoms with Crippen molar-refractivity contribution in [3.05, 3.63) is 83.2 Å². The van der Waals surface area contributed by atoms with Crippen molar-refractivity contribution in [2.75, 3.05) is 5.32 Å². The number of aromatic nitrogens is 2. The molecule has 4 aromatic rings. The van der Waals surface area contributed by atoms with Gasteiger partial charge in [-0.2, -0.15) is 0 Å². The molecule has 0 fully saturated rings. The number of ether oxygens (including phenoxy) is 1. The average molecular weight is 415 g/mol.